The van der Waals surface area contributed by atoms with Crippen LogP contribution in [0.3, 0.4) is 0 Å². The summed E-state index contributed by atoms with van der Waals surface area (Å²) >= 11 is 0. The third-order valence-corrected chi connectivity index (χ3v) is 2.58. The van der Waals surface area contributed by atoms with Crippen molar-refractivity contribution < 1.29 is 28.9 Å². The molecule has 1 aromatic rings. The van der Waals surface area contributed by atoms with E-state index in [9.17, 15) is 9.59 Å². The molecule has 2 heterocycles. The van der Waals surface area contributed by atoms with Crippen molar-refractivity contribution in [2.45, 2.75) is 39.0 Å². The number of hydrogen-bond donors (Lipinski definition) is 1. The van der Waals surface area contributed by atoms with Gasteiger partial charge in [-0.3, -0.25) is 4.79 Å². The summed E-state index contributed by atoms with van der Waals surface area (Å²) in [6, 6.07) is -0.605. The average molecular weight is 261 g/mol. The Labute approximate surface area is 102 Å². The number of rotatable bonds is 6. The molecule has 1 aliphatic rings. The first-order valence-electron chi connectivity index (χ1n) is 5.66. The number of esters is 1. The van der Waals surface area contributed by atoms with Crippen molar-refractivity contribution in [1.29, 1.82) is 0 Å². The standard InChI is InChI=1S/C9H15N3O6/c1-3-8(13)16-6(2)17-12-11(18-12)10-5-4-7(10)9(14)15/h6-7H,3-5H2,1-2H3,(H,14,15)/t6?,7-,11?,12?/m0/s1. The van der Waals surface area contributed by atoms with Crippen LogP contribution in [0.4, 0.5) is 0 Å². The highest BCUT2D eigenvalue weighted by atomic mass is 17.0. The summed E-state index contributed by atoms with van der Waals surface area (Å²) in [5.41, 5.74) is 0. The first-order valence-corrected chi connectivity index (χ1v) is 5.66. The molecule has 0 saturated carbocycles. The minimum absolute atomic E-state index is 0.255. The molecule has 0 aromatic carbocycles. The van der Waals surface area contributed by atoms with E-state index >= 15 is 0 Å². The van der Waals surface area contributed by atoms with Crippen LogP contribution in [-0.4, -0.2) is 45.9 Å². The molecule has 9 nitrogen and oxygen atoms in total. The van der Waals surface area contributed by atoms with Crippen LogP contribution in [-0.2, 0) is 14.3 Å². The molecule has 0 amide bonds. The zero-order valence-electron chi connectivity index (χ0n) is 10.1. The Hall–Kier alpha value is -2.06. The molecule has 0 bridgehead atoms. The van der Waals surface area contributed by atoms with Gasteiger partial charge in [-0.25, -0.2) is 9.80 Å². The second-order valence-corrected chi connectivity index (χ2v) is 3.89. The number of hydrogen-bond acceptors (Lipinski definition) is 6. The number of carbonyl (C=O) groups excluding carboxylic acids is 1. The Morgan fingerprint density at radius 1 is 1.56 bits per heavy atom. The van der Waals surface area contributed by atoms with Crippen molar-refractivity contribution in [1.82, 2.24) is 9.98 Å². The predicted molar refractivity (Wildman–Crippen MR) is 56.2 cm³/mol. The molecule has 1 aromatic heterocycles. The van der Waals surface area contributed by atoms with Crippen LogP contribution < -0.4 is 9.85 Å². The Morgan fingerprint density at radius 2 is 2.28 bits per heavy atom. The lowest BCUT2D eigenvalue weighted by Gasteiger charge is -2.33. The molecule has 2 rings (SSSR count). The minimum Gasteiger partial charge on any atom is -0.480 e. The van der Waals surface area contributed by atoms with E-state index in [1.165, 1.54) is 16.9 Å². The molecule has 1 unspecified atom stereocenters. The normalized spacial score (nSPS) is 20.3. The maximum atomic E-state index is 11.0. The lowest BCUT2D eigenvalue weighted by atomic mass is 10.1. The number of nitrogens with zero attached hydrogens (tertiary/aromatic N) is 3. The number of ether oxygens (including phenoxy) is 1. The van der Waals surface area contributed by atoms with Crippen LogP contribution in [0.5, 0.6) is 0 Å². The first-order chi connectivity index (χ1) is 8.52. The lowest BCUT2D eigenvalue weighted by Crippen LogP contribution is -2.57. The van der Waals surface area contributed by atoms with Crippen molar-refractivity contribution in [3.8, 4) is 0 Å². The molecule has 0 aliphatic carbocycles. The van der Waals surface area contributed by atoms with Crippen molar-refractivity contribution in [3.63, 3.8) is 0 Å². The summed E-state index contributed by atoms with van der Waals surface area (Å²) in [5, 5.41) is 11.3. The van der Waals surface area contributed by atoms with Gasteiger partial charge in [-0.1, -0.05) is 6.92 Å². The van der Waals surface area contributed by atoms with E-state index in [-0.39, 0.29) is 12.4 Å². The largest absolute Gasteiger partial charge is 0.480 e. The number of carboxylic acid groups (broad SMARTS) is 1. The summed E-state index contributed by atoms with van der Waals surface area (Å²) in [6.07, 6.45) is 0.0153. The number of carboxylic acids is 1. The Bertz CT molecular complexity index is 433. The van der Waals surface area contributed by atoms with Gasteiger partial charge in [-0.05, 0) is 6.42 Å². The number of aromatic nitrogens is 2. The smallest absolute Gasteiger partial charge is 0.328 e. The number of carbonyl (C=O) groups is 2. The summed E-state index contributed by atoms with van der Waals surface area (Å²) in [7, 11) is 0. The van der Waals surface area contributed by atoms with Gasteiger partial charge in [0.05, 0.1) is 4.96 Å². The van der Waals surface area contributed by atoms with Gasteiger partial charge >= 0.3 is 11.9 Å². The molecule has 102 valence electrons. The minimum atomic E-state index is -0.915. The van der Waals surface area contributed by atoms with Crippen molar-refractivity contribution in [2.75, 3.05) is 11.6 Å². The fraction of sp³-hybridized carbons (Fsp3) is 0.778. The van der Waals surface area contributed by atoms with E-state index in [1.54, 1.807) is 6.92 Å². The van der Waals surface area contributed by atoms with Gasteiger partial charge < -0.3 is 14.7 Å². The maximum Gasteiger partial charge on any atom is 0.328 e. The van der Waals surface area contributed by atoms with Crippen LogP contribution in [0.2, 0.25) is 0 Å². The third kappa shape index (κ3) is 2.44. The van der Waals surface area contributed by atoms with E-state index in [4.69, 9.17) is 19.3 Å². The quantitative estimate of drug-likeness (QED) is 0.539. The fourth-order valence-electron chi connectivity index (χ4n) is 1.49. The molecular formula is C9H15N3O6. The van der Waals surface area contributed by atoms with E-state index in [2.05, 4.69) is 0 Å². The van der Waals surface area contributed by atoms with E-state index in [0.29, 0.717) is 13.0 Å². The molecule has 1 saturated heterocycles. The van der Waals surface area contributed by atoms with Gasteiger partial charge in [-0.2, -0.15) is 4.63 Å². The maximum absolute atomic E-state index is 11.0. The average Bonchev–Trinajstić information content (AvgIpc) is 2.93. The molecule has 2 atom stereocenters. The van der Waals surface area contributed by atoms with Crippen LogP contribution in [0, 0.1) is 0 Å². The van der Waals surface area contributed by atoms with Gasteiger partial charge in [0.25, 0.3) is 6.29 Å². The molecule has 18 heavy (non-hydrogen) atoms. The monoisotopic (exact) mass is 261 g/mol. The van der Waals surface area contributed by atoms with Crippen LogP contribution in [0.15, 0.2) is 4.63 Å². The van der Waals surface area contributed by atoms with Gasteiger partial charge in [0.2, 0.25) is 0 Å². The topological polar surface area (TPSA) is 99.1 Å². The van der Waals surface area contributed by atoms with Crippen molar-refractivity contribution in [3.05, 3.63) is 0 Å². The second kappa shape index (κ2) is 4.67. The molecular weight excluding hydrogens is 246 g/mol. The van der Waals surface area contributed by atoms with E-state index in [1.807, 2.05) is 0 Å². The SMILES string of the molecule is CCC(=O)OC(C)On1on1N1CC[C@H]1C(=O)O. The van der Waals surface area contributed by atoms with Gasteiger partial charge in [0.15, 0.2) is 0 Å². The molecule has 1 aliphatic heterocycles. The summed E-state index contributed by atoms with van der Waals surface area (Å²) in [5.74, 6) is -1.30. The molecule has 1 fully saturated rings. The zero-order valence-corrected chi connectivity index (χ0v) is 10.1. The van der Waals surface area contributed by atoms with Crippen LogP contribution in [0.25, 0.3) is 0 Å². The second-order valence-electron chi connectivity index (χ2n) is 3.89. The molecule has 0 spiro atoms. The molecule has 0 radical (unpaired) electrons. The van der Waals surface area contributed by atoms with Crippen LogP contribution in [0.1, 0.15) is 26.7 Å². The fourth-order valence-corrected chi connectivity index (χ4v) is 1.49. The van der Waals surface area contributed by atoms with Crippen molar-refractivity contribution in [2.24, 2.45) is 0 Å². The van der Waals surface area contributed by atoms with Crippen LogP contribution >= 0.6 is 0 Å². The van der Waals surface area contributed by atoms with E-state index < -0.39 is 18.3 Å². The van der Waals surface area contributed by atoms with Gasteiger partial charge in [0, 0.05) is 19.9 Å². The highest BCUT2D eigenvalue weighted by Gasteiger charge is 2.40. The third-order valence-electron chi connectivity index (χ3n) is 2.58. The molecule has 9 heteroatoms. The number of aliphatic carboxylic acids is 1. The van der Waals surface area contributed by atoms with E-state index in [0.717, 1.165) is 5.02 Å². The Morgan fingerprint density at radius 3 is 2.78 bits per heavy atom. The highest BCUT2D eigenvalue weighted by Crippen LogP contribution is 2.17. The summed E-state index contributed by atoms with van der Waals surface area (Å²) < 4.78 is 9.76. The Balaban J connectivity index is 1.80. The predicted octanol–water partition coefficient (Wildman–Crippen LogP) is -0.595. The summed E-state index contributed by atoms with van der Waals surface area (Å²) in [4.78, 5) is 28.0. The van der Waals surface area contributed by atoms with Gasteiger partial charge in [-0.15, -0.1) is 0 Å². The molecule has 1 N–H and O–H groups in total. The Kier molecular flexibility index (Phi) is 3.21. The van der Waals surface area contributed by atoms with Crippen molar-refractivity contribution >= 4 is 11.9 Å². The van der Waals surface area contributed by atoms with Gasteiger partial charge in [0.1, 0.15) is 11.1 Å². The summed E-state index contributed by atoms with van der Waals surface area (Å²) in [6.45, 7) is 3.78. The lowest BCUT2D eigenvalue weighted by molar-refractivity contribution is -0.181. The zero-order chi connectivity index (χ0) is 13.3. The first kappa shape index (κ1) is 12.4. The highest BCUT2D eigenvalue weighted by molar-refractivity contribution is 5.77.